The Hall–Kier alpha value is -2.55. The molecule has 0 aromatic rings. The van der Waals surface area contributed by atoms with Crippen LogP contribution in [-0.4, -0.2) is 78.9 Å². The maximum atomic E-state index is 12.7. The van der Waals surface area contributed by atoms with Gasteiger partial charge in [0.2, 0.25) is 5.24 Å². The molecule has 0 aliphatic rings. The summed E-state index contributed by atoms with van der Waals surface area (Å²) in [5.41, 5.74) is 0. The van der Waals surface area contributed by atoms with Crippen LogP contribution in [0.1, 0.15) is 0 Å². The second-order valence-electron chi connectivity index (χ2n) is 6.12. The first-order chi connectivity index (χ1) is 18.6. The molecule has 0 saturated carbocycles. The van der Waals surface area contributed by atoms with Gasteiger partial charge < -0.3 is 9.84 Å². The quantitative estimate of drug-likeness (QED) is 0.103. The van der Waals surface area contributed by atoms with Crippen molar-refractivity contribution in [3.8, 4) is 0 Å². The van der Waals surface area contributed by atoms with Gasteiger partial charge in [0.25, 0.3) is 0 Å². The Balaban J connectivity index is -0.000000652. The summed E-state index contributed by atoms with van der Waals surface area (Å²) in [7, 11) is 0. The topological polar surface area (TPSA) is 101 Å². The molecule has 0 fully saturated rings. The van der Waals surface area contributed by atoms with Crippen molar-refractivity contribution >= 4 is 22.8 Å². The van der Waals surface area contributed by atoms with Crippen LogP contribution in [0.3, 0.4) is 0 Å². The first-order valence-corrected chi connectivity index (χ1v) is 9.42. The molecule has 0 aromatic heterocycles. The Morgan fingerprint density at radius 1 is 0.581 bits per heavy atom. The third kappa shape index (κ3) is 20.1. The van der Waals surface area contributed by atoms with Gasteiger partial charge in [-0.3, -0.25) is 4.79 Å². The van der Waals surface area contributed by atoms with E-state index < -0.39 is 73.8 Å². The molecule has 0 atom stereocenters. The van der Waals surface area contributed by atoms with E-state index in [0.717, 1.165) is 6.08 Å². The Morgan fingerprint density at radius 2 is 0.860 bits per heavy atom. The van der Waals surface area contributed by atoms with E-state index in [1.54, 1.807) is 9.47 Å². The molecule has 0 aliphatic carbocycles. The van der Waals surface area contributed by atoms with E-state index in [9.17, 15) is 88.6 Å². The number of halogens is 19. The van der Waals surface area contributed by atoms with Crippen LogP contribution >= 0.6 is 11.6 Å². The van der Waals surface area contributed by atoms with Crippen LogP contribution in [0.25, 0.3) is 0 Å². The average molecular weight is 709 g/mol. The molecule has 0 amide bonds. The van der Waals surface area contributed by atoms with Gasteiger partial charge in [-0.05, 0) is 17.7 Å². The standard InChI is InChI=1S/C8H5F9O4.C5H3F9O3.C3H3ClO/c1-2-4(18)19-3-5(9,10)20-6(11,12)7(13,14)21-8(15,16)17;6-2(7,1-15)16-3(8,9)4(10,11)17-5(12,13)14;1-2-3(4)5/h2H,1,3H2;15H,1H2;2H,1H2. The van der Waals surface area contributed by atoms with Crippen molar-refractivity contribution in [3.63, 3.8) is 0 Å². The normalized spacial score (nSPS) is 13.6. The number of carbonyl (C=O) groups excluding carboxylic acids is 2. The predicted molar refractivity (Wildman–Crippen MR) is 95.4 cm³/mol. The maximum Gasteiger partial charge on any atom is 0.527 e. The van der Waals surface area contributed by atoms with Crippen molar-refractivity contribution < 1.29 is 117 Å². The summed E-state index contributed by atoms with van der Waals surface area (Å²) in [6, 6.07) is 0. The minimum atomic E-state index is -6.45. The molecule has 0 bridgehead atoms. The lowest BCUT2D eigenvalue weighted by molar-refractivity contribution is -0.530. The number of hydrogen-bond donors (Lipinski definition) is 1. The number of hydrogen-bond acceptors (Lipinski definition) is 8. The largest absolute Gasteiger partial charge is 0.527 e. The summed E-state index contributed by atoms with van der Waals surface area (Å²) < 4.78 is 228. The first-order valence-electron chi connectivity index (χ1n) is 9.04. The van der Waals surface area contributed by atoms with Gasteiger partial charge in [-0.25, -0.2) is 23.7 Å². The third-order valence-electron chi connectivity index (χ3n) is 2.61. The lowest BCUT2D eigenvalue weighted by Crippen LogP contribution is -2.52. The van der Waals surface area contributed by atoms with Crippen molar-refractivity contribution in [2.75, 3.05) is 13.2 Å². The lowest BCUT2D eigenvalue weighted by Gasteiger charge is -2.29. The monoisotopic (exact) mass is 708 g/mol. The molecule has 27 heteroatoms. The zero-order valence-electron chi connectivity index (χ0n) is 19.5. The molecule has 0 heterocycles. The average Bonchev–Trinajstić information content (AvgIpc) is 2.73. The molecule has 0 saturated heterocycles. The fraction of sp³-hybridized carbons (Fsp3) is 0.625. The van der Waals surface area contributed by atoms with E-state index in [-0.39, 0.29) is 0 Å². The van der Waals surface area contributed by atoms with Crippen molar-refractivity contribution in [1.29, 1.82) is 0 Å². The number of ether oxygens (including phenoxy) is 5. The Morgan fingerprint density at radius 3 is 1.09 bits per heavy atom. The molecule has 43 heavy (non-hydrogen) atoms. The molecule has 256 valence electrons. The number of allylic oxidation sites excluding steroid dienone is 1. The molecule has 0 spiro atoms. The summed E-state index contributed by atoms with van der Waals surface area (Å²) in [6.45, 7) is 1.11. The van der Waals surface area contributed by atoms with Crippen molar-refractivity contribution in [2.24, 2.45) is 0 Å². The van der Waals surface area contributed by atoms with E-state index >= 15 is 0 Å². The second kappa shape index (κ2) is 16.0. The van der Waals surface area contributed by atoms with Crippen LogP contribution in [0.15, 0.2) is 25.3 Å². The maximum absolute atomic E-state index is 12.7. The summed E-state index contributed by atoms with van der Waals surface area (Å²) in [5, 5.41) is 7.23. The van der Waals surface area contributed by atoms with Crippen molar-refractivity contribution in [1.82, 2.24) is 0 Å². The van der Waals surface area contributed by atoms with Gasteiger partial charge in [-0.2, -0.15) is 52.7 Å². The van der Waals surface area contributed by atoms with Crippen molar-refractivity contribution in [3.05, 3.63) is 25.3 Å². The van der Waals surface area contributed by atoms with E-state index in [2.05, 4.69) is 27.4 Å². The molecule has 0 rings (SSSR count). The number of rotatable bonds is 13. The molecule has 0 aromatic carbocycles. The molecular formula is C16H11ClF18O8. The van der Waals surface area contributed by atoms with E-state index in [4.69, 9.17) is 16.7 Å². The lowest BCUT2D eigenvalue weighted by atomic mass is 10.5. The van der Waals surface area contributed by atoms with Gasteiger partial charge in [0.15, 0.2) is 6.61 Å². The number of aliphatic hydroxyl groups is 1. The highest BCUT2D eigenvalue weighted by Crippen LogP contribution is 2.44. The highest BCUT2D eigenvalue weighted by molar-refractivity contribution is 6.66. The Kier molecular flexibility index (Phi) is 16.7. The molecule has 0 radical (unpaired) electrons. The number of alkyl halides is 18. The summed E-state index contributed by atoms with van der Waals surface area (Å²) in [6.07, 6.45) is -47.0. The smallest absolute Gasteiger partial charge is 0.453 e. The molecule has 8 nitrogen and oxygen atoms in total. The SMILES string of the molecule is C=CC(=O)Cl.C=CC(=O)OCC(F)(F)OC(F)(F)C(F)(F)OC(F)(F)F.OCC(F)(F)OC(F)(F)C(F)(F)OC(F)(F)F. The van der Waals surface area contributed by atoms with Crippen molar-refractivity contribution in [2.45, 2.75) is 49.4 Å². The van der Waals surface area contributed by atoms with Crippen LogP contribution in [0.4, 0.5) is 79.0 Å². The number of aliphatic hydroxyl groups excluding tert-OH is 1. The number of carbonyl (C=O) groups is 2. The van der Waals surface area contributed by atoms with Crippen LogP contribution in [0, 0.1) is 0 Å². The molecule has 0 aliphatic heterocycles. The zero-order valence-corrected chi connectivity index (χ0v) is 20.2. The molecular weight excluding hydrogens is 698 g/mol. The predicted octanol–water partition coefficient (Wildman–Crippen LogP) is 6.29. The summed E-state index contributed by atoms with van der Waals surface area (Å²) in [4.78, 5) is 19.8. The Bertz CT molecular complexity index is 919. The van der Waals surface area contributed by atoms with Crippen LogP contribution in [0.5, 0.6) is 0 Å². The van der Waals surface area contributed by atoms with Crippen LogP contribution in [-0.2, 0) is 33.3 Å². The third-order valence-corrected chi connectivity index (χ3v) is 2.77. The second-order valence-corrected chi connectivity index (χ2v) is 6.49. The fourth-order valence-electron chi connectivity index (χ4n) is 1.18. The zero-order chi connectivity index (χ0) is 35.5. The van der Waals surface area contributed by atoms with Gasteiger partial charge in [0.05, 0.1) is 0 Å². The minimum absolute atomic E-state index is 0.329. The fourth-order valence-corrected chi connectivity index (χ4v) is 1.18. The first kappa shape index (κ1) is 44.9. The van der Waals surface area contributed by atoms with E-state index in [1.807, 2.05) is 0 Å². The van der Waals surface area contributed by atoms with Crippen LogP contribution in [0.2, 0.25) is 0 Å². The minimum Gasteiger partial charge on any atom is -0.453 e. The van der Waals surface area contributed by atoms with E-state index in [0.29, 0.717) is 6.08 Å². The number of esters is 1. The van der Waals surface area contributed by atoms with E-state index in [1.165, 1.54) is 0 Å². The summed E-state index contributed by atoms with van der Waals surface area (Å²) in [5.74, 6) is -1.54. The molecule has 0 unspecified atom stereocenters. The highest BCUT2D eigenvalue weighted by atomic mass is 35.5. The van der Waals surface area contributed by atoms with Gasteiger partial charge in [-0.15, -0.1) is 26.3 Å². The van der Waals surface area contributed by atoms with Gasteiger partial charge >= 0.3 is 55.3 Å². The highest BCUT2D eigenvalue weighted by Gasteiger charge is 2.69. The van der Waals surface area contributed by atoms with Gasteiger partial charge in [0, 0.05) is 6.08 Å². The molecule has 1 N–H and O–H groups in total. The summed E-state index contributed by atoms with van der Waals surface area (Å²) >= 11 is 4.71. The van der Waals surface area contributed by atoms with Gasteiger partial charge in [0.1, 0.15) is 6.61 Å². The van der Waals surface area contributed by atoms with Gasteiger partial charge in [-0.1, -0.05) is 13.2 Å². The Labute approximate surface area is 229 Å². The van der Waals surface area contributed by atoms with Crippen LogP contribution < -0.4 is 0 Å².